The first-order valence-electron chi connectivity index (χ1n) is 12.0. The van der Waals surface area contributed by atoms with Crippen molar-refractivity contribution in [2.45, 2.75) is 95.3 Å². The maximum Gasteiger partial charge on any atom is 1.00 e. The van der Waals surface area contributed by atoms with Gasteiger partial charge in [-0.25, -0.2) is 0 Å². The van der Waals surface area contributed by atoms with Crippen LogP contribution in [-0.4, -0.2) is 13.0 Å². The Hall–Kier alpha value is -1.05. The minimum atomic E-state index is -4.54. The first-order chi connectivity index (χ1) is 15.4. The van der Waals surface area contributed by atoms with E-state index in [4.69, 9.17) is 4.74 Å². The Labute approximate surface area is 222 Å². The molecule has 0 amide bonds. The Morgan fingerprint density at radius 3 is 1.82 bits per heavy atom. The fourth-order valence-electron chi connectivity index (χ4n) is 3.81. The van der Waals surface area contributed by atoms with Crippen LogP contribution in [-0.2, 0) is 16.5 Å². The van der Waals surface area contributed by atoms with Crippen LogP contribution >= 0.6 is 0 Å². The molecule has 0 unspecified atom stereocenters. The number of rotatable bonds is 16. The quantitative estimate of drug-likeness (QED) is 0.221. The zero-order valence-corrected chi connectivity index (χ0v) is 23.0. The standard InChI is InChI=1S/C26H38O5S.Na/c1-2-3-4-5-6-7-8-9-10-11-12-13-15-22-18-20-23(21-19-22)31-26-24(27)16-14-17-25(26)32(28,29)30;/h14,16-21,27H,2-13,15H2,1H3,(H,28,29,30);/q;+1/p-1. The normalized spacial score (nSPS) is 11.2. The Bertz CT molecular complexity index is 897. The van der Waals surface area contributed by atoms with E-state index in [1.165, 1.54) is 88.3 Å². The zero-order chi connectivity index (χ0) is 23.2. The van der Waals surface area contributed by atoms with Gasteiger partial charge in [0.1, 0.15) is 16.4 Å². The third-order valence-electron chi connectivity index (χ3n) is 5.68. The summed E-state index contributed by atoms with van der Waals surface area (Å²) in [5, 5.41) is 12.0. The van der Waals surface area contributed by atoms with Crippen LogP contribution in [0, 0.1) is 0 Å². The summed E-state index contributed by atoms with van der Waals surface area (Å²) in [4.78, 5) is -0.523. The van der Waals surface area contributed by atoms with Gasteiger partial charge in [0.05, 0.1) is 0 Å². The van der Waals surface area contributed by atoms with Gasteiger partial charge in [-0.2, -0.15) is 8.42 Å². The molecule has 0 aromatic heterocycles. The van der Waals surface area contributed by atoms with Crippen LogP contribution in [0.2, 0.25) is 0 Å². The van der Waals surface area contributed by atoms with Gasteiger partial charge < -0.3 is 9.84 Å². The van der Waals surface area contributed by atoms with Crippen molar-refractivity contribution in [3.63, 3.8) is 0 Å². The Morgan fingerprint density at radius 1 is 0.788 bits per heavy atom. The van der Waals surface area contributed by atoms with Gasteiger partial charge >= 0.3 is 29.6 Å². The molecule has 7 heteroatoms. The number of unbranched alkanes of at least 4 members (excludes halogenated alkanes) is 11. The molecule has 5 nitrogen and oxygen atoms in total. The van der Waals surface area contributed by atoms with E-state index in [2.05, 4.69) is 6.92 Å². The van der Waals surface area contributed by atoms with Crippen molar-refractivity contribution in [1.29, 1.82) is 0 Å². The second kappa shape index (κ2) is 16.6. The summed E-state index contributed by atoms with van der Waals surface area (Å²) in [6.07, 6.45) is 16.8. The monoisotopic (exact) mass is 484 g/mol. The summed E-state index contributed by atoms with van der Waals surface area (Å²) in [5.41, 5.74) is 1.18. The molecule has 2 aromatic carbocycles. The van der Waals surface area contributed by atoms with Crippen molar-refractivity contribution in [1.82, 2.24) is 0 Å². The summed E-state index contributed by atoms with van der Waals surface area (Å²) in [6.45, 7) is 2.25. The molecule has 0 aliphatic heterocycles. The van der Waals surface area contributed by atoms with E-state index < -0.39 is 20.8 Å². The van der Waals surface area contributed by atoms with Crippen LogP contribution in [0.4, 0.5) is 0 Å². The van der Waals surface area contributed by atoms with Gasteiger partial charge in [0.15, 0.2) is 0 Å². The minimum Gasteiger partial charge on any atom is -0.870 e. The van der Waals surface area contributed by atoms with Gasteiger partial charge in [-0.1, -0.05) is 108 Å². The molecule has 33 heavy (non-hydrogen) atoms. The van der Waals surface area contributed by atoms with Crippen LogP contribution in [0.5, 0.6) is 17.2 Å². The van der Waals surface area contributed by atoms with Crippen molar-refractivity contribution >= 4 is 10.1 Å². The van der Waals surface area contributed by atoms with E-state index in [1.807, 2.05) is 12.1 Å². The molecule has 0 fully saturated rings. The SMILES string of the molecule is CCCCCCCCCCCCCCc1ccc(Oc2c([O-])cccc2S(=O)(=O)O)cc1.[Na+]. The molecule has 2 aromatic rings. The summed E-state index contributed by atoms with van der Waals surface area (Å²) >= 11 is 0. The predicted octanol–water partition coefficient (Wildman–Crippen LogP) is 4.05. The van der Waals surface area contributed by atoms with E-state index in [1.54, 1.807) is 12.1 Å². The van der Waals surface area contributed by atoms with E-state index in [0.717, 1.165) is 18.9 Å². The van der Waals surface area contributed by atoms with Crippen molar-refractivity contribution in [3.05, 3.63) is 48.0 Å². The van der Waals surface area contributed by atoms with E-state index in [-0.39, 0.29) is 35.3 Å². The fraction of sp³-hybridized carbons (Fsp3) is 0.538. The largest absolute Gasteiger partial charge is 1.00 e. The molecule has 0 radical (unpaired) electrons. The number of para-hydroxylation sites is 1. The smallest absolute Gasteiger partial charge is 0.870 e. The predicted molar refractivity (Wildman–Crippen MR) is 127 cm³/mol. The summed E-state index contributed by atoms with van der Waals surface area (Å²) < 4.78 is 37.8. The molecule has 0 atom stereocenters. The van der Waals surface area contributed by atoms with Crippen LogP contribution < -0.4 is 39.4 Å². The number of hydrogen-bond donors (Lipinski definition) is 1. The second-order valence-corrected chi connectivity index (χ2v) is 9.83. The molecule has 0 saturated carbocycles. The molecule has 0 bridgehead atoms. The summed E-state index contributed by atoms with van der Waals surface area (Å²) in [7, 11) is -4.54. The molecule has 0 aliphatic carbocycles. The van der Waals surface area contributed by atoms with Gasteiger partial charge in [0.2, 0.25) is 0 Å². The average molecular weight is 485 g/mol. The molecular weight excluding hydrogens is 447 g/mol. The summed E-state index contributed by atoms with van der Waals surface area (Å²) in [6, 6.07) is 10.9. The molecule has 0 spiro atoms. The molecule has 1 N–H and O–H groups in total. The molecule has 0 saturated heterocycles. The molecule has 178 valence electrons. The maximum absolute atomic E-state index is 12.0. The Morgan fingerprint density at radius 2 is 1.30 bits per heavy atom. The van der Waals surface area contributed by atoms with Crippen LogP contribution in [0.3, 0.4) is 0 Å². The number of aryl methyl sites for hydroxylation is 1. The van der Waals surface area contributed by atoms with Crippen LogP contribution in [0.15, 0.2) is 47.4 Å². The van der Waals surface area contributed by atoms with Crippen molar-refractivity contribution in [2.24, 2.45) is 0 Å². The van der Waals surface area contributed by atoms with Crippen molar-refractivity contribution in [2.75, 3.05) is 0 Å². The number of benzene rings is 2. The van der Waals surface area contributed by atoms with Gasteiger partial charge in [0, 0.05) is 0 Å². The Balaban J connectivity index is 0.00000544. The average Bonchev–Trinajstić information content (AvgIpc) is 2.76. The molecule has 0 aliphatic rings. The van der Waals surface area contributed by atoms with Gasteiger partial charge in [-0.05, 0) is 36.6 Å². The van der Waals surface area contributed by atoms with Gasteiger partial charge in [-0.3, -0.25) is 4.55 Å². The van der Waals surface area contributed by atoms with Crippen molar-refractivity contribution in [3.8, 4) is 17.2 Å². The zero-order valence-electron chi connectivity index (χ0n) is 20.2. The molecule has 2 rings (SSSR count). The topological polar surface area (TPSA) is 86.7 Å². The molecular formula is C26H37NaO5S. The van der Waals surface area contributed by atoms with E-state index in [9.17, 15) is 18.1 Å². The first kappa shape index (κ1) is 30.0. The maximum atomic E-state index is 12.0. The number of hydrogen-bond acceptors (Lipinski definition) is 4. The van der Waals surface area contributed by atoms with Crippen LogP contribution in [0.1, 0.15) is 89.5 Å². The third-order valence-corrected chi connectivity index (χ3v) is 6.56. The number of ether oxygens (including phenoxy) is 1. The van der Waals surface area contributed by atoms with Crippen molar-refractivity contribution < 1.29 is 52.4 Å². The van der Waals surface area contributed by atoms with Gasteiger partial charge in [-0.15, -0.1) is 0 Å². The molecule has 0 heterocycles. The van der Waals surface area contributed by atoms with E-state index >= 15 is 0 Å². The second-order valence-electron chi connectivity index (χ2n) is 8.44. The van der Waals surface area contributed by atoms with Crippen LogP contribution in [0.25, 0.3) is 0 Å². The fourth-order valence-corrected chi connectivity index (χ4v) is 4.44. The van der Waals surface area contributed by atoms with Gasteiger partial charge in [0.25, 0.3) is 10.1 Å². The summed E-state index contributed by atoms with van der Waals surface area (Å²) in [5.74, 6) is -0.624. The minimum absolute atomic E-state index is 0. The Kier molecular flexibility index (Phi) is 15.0. The third kappa shape index (κ3) is 11.8. The van der Waals surface area contributed by atoms with E-state index in [0.29, 0.717) is 5.75 Å². The first-order valence-corrected chi connectivity index (χ1v) is 13.4.